The molecule has 1 aromatic rings. The molecule has 9 heteroatoms. The van der Waals surface area contributed by atoms with Crippen molar-refractivity contribution in [3.05, 3.63) is 46.1 Å². The number of hydrogen-bond acceptors (Lipinski definition) is 5. The lowest BCUT2D eigenvalue weighted by Crippen LogP contribution is -2.22. The Labute approximate surface area is 169 Å². The van der Waals surface area contributed by atoms with E-state index in [9.17, 15) is 9.59 Å². The van der Waals surface area contributed by atoms with E-state index in [1.807, 2.05) is 0 Å². The van der Waals surface area contributed by atoms with Gasteiger partial charge in [0.25, 0.3) is 0 Å². The number of ether oxygens (including phenoxy) is 3. The summed E-state index contributed by atoms with van der Waals surface area (Å²) in [5, 5.41) is 0. The molecule has 0 aliphatic heterocycles. The molecular formula is C16H16BrCl3O5. The molecular weight excluding hydrogens is 458 g/mol. The molecule has 0 fully saturated rings. The van der Waals surface area contributed by atoms with Crippen LogP contribution in [0.5, 0.6) is 0 Å². The van der Waals surface area contributed by atoms with Crippen LogP contribution in [0.25, 0.3) is 0 Å². The van der Waals surface area contributed by atoms with Gasteiger partial charge in [0.15, 0.2) is 5.76 Å². The van der Waals surface area contributed by atoms with Gasteiger partial charge in [0.05, 0.1) is 20.1 Å². The Hall–Kier alpha value is -0.950. The lowest BCUT2D eigenvalue weighted by atomic mass is 9.95. The van der Waals surface area contributed by atoms with Crippen molar-refractivity contribution in [2.24, 2.45) is 0 Å². The summed E-state index contributed by atoms with van der Waals surface area (Å²) in [5.41, 5.74) is 0.675. The van der Waals surface area contributed by atoms with E-state index in [0.717, 1.165) is 4.47 Å². The third-order valence-corrected chi connectivity index (χ3v) is 3.94. The van der Waals surface area contributed by atoms with Crippen molar-refractivity contribution in [3.8, 4) is 0 Å². The molecule has 0 radical (unpaired) electrons. The zero-order chi connectivity index (χ0) is 19.0. The number of methoxy groups -OCH3 is 2. The Kier molecular flexibility index (Phi) is 9.07. The number of carbonyl (C=O) groups is 2. The summed E-state index contributed by atoms with van der Waals surface area (Å²) in [6.45, 7) is -0.388. The highest BCUT2D eigenvalue weighted by molar-refractivity contribution is 9.10. The van der Waals surface area contributed by atoms with Gasteiger partial charge in [0, 0.05) is 4.47 Å². The van der Waals surface area contributed by atoms with Crippen LogP contribution >= 0.6 is 50.7 Å². The van der Waals surface area contributed by atoms with E-state index in [1.54, 1.807) is 24.3 Å². The predicted octanol–water partition coefficient (Wildman–Crippen LogP) is 4.54. The molecule has 0 unspecified atom stereocenters. The van der Waals surface area contributed by atoms with Crippen LogP contribution in [-0.2, 0) is 23.8 Å². The molecule has 1 rings (SSSR count). The molecule has 1 atom stereocenters. The molecule has 25 heavy (non-hydrogen) atoms. The maximum Gasteiger partial charge on any atom is 0.372 e. The van der Waals surface area contributed by atoms with Gasteiger partial charge < -0.3 is 14.2 Å². The van der Waals surface area contributed by atoms with E-state index in [0.29, 0.717) is 5.56 Å². The Morgan fingerprint density at radius 1 is 1.16 bits per heavy atom. The Bertz CT molecular complexity index is 626. The summed E-state index contributed by atoms with van der Waals surface area (Å²) in [7, 11) is 2.56. The molecule has 5 nitrogen and oxygen atoms in total. The zero-order valence-corrected chi connectivity index (χ0v) is 17.3. The fraction of sp³-hybridized carbons (Fsp3) is 0.375. The van der Waals surface area contributed by atoms with Crippen LogP contribution in [0.1, 0.15) is 17.9 Å². The van der Waals surface area contributed by atoms with Crippen molar-refractivity contribution >= 4 is 62.7 Å². The van der Waals surface area contributed by atoms with Crippen molar-refractivity contribution in [2.45, 2.75) is 16.1 Å². The highest BCUT2D eigenvalue weighted by Crippen LogP contribution is 2.29. The second-order valence-corrected chi connectivity index (χ2v) is 8.26. The summed E-state index contributed by atoms with van der Waals surface area (Å²) in [5.74, 6) is -1.97. The highest BCUT2D eigenvalue weighted by Gasteiger charge is 2.27. The van der Waals surface area contributed by atoms with Crippen LogP contribution in [0.15, 0.2) is 40.6 Å². The molecule has 0 heterocycles. The Morgan fingerprint density at radius 2 is 1.76 bits per heavy atom. The minimum Gasteiger partial charge on any atom is -0.490 e. The number of carbonyl (C=O) groups excluding carboxylic acids is 2. The molecule has 0 saturated carbocycles. The summed E-state index contributed by atoms with van der Waals surface area (Å²) in [4.78, 5) is 24.0. The fourth-order valence-electron chi connectivity index (χ4n) is 1.89. The SMILES string of the molecule is COC(=O)/C(=C/C[C@H](C(=O)OCC(Cl)(Cl)Cl)c1ccc(Br)cc1)OC. The zero-order valence-electron chi connectivity index (χ0n) is 13.4. The lowest BCUT2D eigenvalue weighted by Gasteiger charge is -2.18. The standard InChI is InChI=1S/C16H16BrCl3O5/c1-23-13(15(22)24-2)8-7-12(10-3-5-11(17)6-4-10)14(21)25-9-16(18,19)20/h3-6,8,12H,7,9H2,1-2H3/b13-8-/t12-/m0/s1. The van der Waals surface area contributed by atoms with Crippen molar-refractivity contribution in [1.29, 1.82) is 0 Å². The lowest BCUT2D eigenvalue weighted by molar-refractivity contribution is -0.145. The van der Waals surface area contributed by atoms with Crippen LogP contribution in [0, 0.1) is 0 Å². The molecule has 0 aromatic heterocycles. The molecule has 0 bridgehead atoms. The molecule has 0 saturated heterocycles. The van der Waals surface area contributed by atoms with Gasteiger partial charge in [0.2, 0.25) is 3.79 Å². The minimum atomic E-state index is -1.71. The number of esters is 2. The van der Waals surface area contributed by atoms with E-state index in [1.165, 1.54) is 20.3 Å². The summed E-state index contributed by atoms with van der Waals surface area (Å²) in [6, 6.07) is 7.07. The molecule has 138 valence electrons. The summed E-state index contributed by atoms with van der Waals surface area (Å²) < 4.78 is 13.8. The van der Waals surface area contributed by atoms with Gasteiger partial charge in [0.1, 0.15) is 6.61 Å². The normalized spacial score (nSPS) is 13.1. The summed E-state index contributed by atoms with van der Waals surface area (Å²) >= 11 is 20.2. The van der Waals surface area contributed by atoms with Crippen LogP contribution in [0.4, 0.5) is 0 Å². The number of halogens is 4. The van der Waals surface area contributed by atoms with Gasteiger partial charge in [-0.25, -0.2) is 4.79 Å². The molecule has 0 aliphatic carbocycles. The van der Waals surface area contributed by atoms with Gasteiger partial charge in [-0.3, -0.25) is 4.79 Å². The van der Waals surface area contributed by atoms with Crippen molar-refractivity contribution in [2.75, 3.05) is 20.8 Å². The quantitative estimate of drug-likeness (QED) is 0.251. The number of rotatable bonds is 7. The first-order valence-corrected chi connectivity index (χ1v) is 8.92. The maximum atomic E-state index is 12.4. The van der Waals surface area contributed by atoms with E-state index < -0.39 is 21.6 Å². The van der Waals surface area contributed by atoms with Crippen LogP contribution < -0.4 is 0 Å². The third kappa shape index (κ3) is 7.86. The van der Waals surface area contributed by atoms with E-state index in [4.69, 9.17) is 44.3 Å². The Morgan fingerprint density at radius 3 is 2.24 bits per heavy atom. The minimum absolute atomic E-state index is 0.0150. The topological polar surface area (TPSA) is 61.8 Å². The number of benzene rings is 1. The molecule has 0 amide bonds. The smallest absolute Gasteiger partial charge is 0.372 e. The van der Waals surface area contributed by atoms with E-state index in [2.05, 4.69) is 20.7 Å². The molecule has 0 aliphatic rings. The maximum absolute atomic E-state index is 12.4. The highest BCUT2D eigenvalue weighted by atomic mass is 79.9. The van der Waals surface area contributed by atoms with Gasteiger partial charge in [-0.05, 0) is 30.2 Å². The van der Waals surface area contributed by atoms with Crippen LogP contribution in [0.3, 0.4) is 0 Å². The van der Waals surface area contributed by atoms with E-state index >= 15 is 0 Å². The average Bonchev–Trinajstić information content (AvgIpc) is 2.56. The molecule has 0 spiro atoms. The fourth-order valence-corrected chi connectivity index (χ4v) is 2.32. The average molecular weight is 475 g/mol. The third-order valence-electron chi connectivity index (χ3n) is 3.08. The number of hydrogen-bond donors (Lipinski definition) is 0. The summed E-state index contributed by atoms with van der Waals surface area (Å²) in [6.07, 6.45) is 1.59. The first-order chi connectivity index (χ1) is 11.7. The number of alkyl halides is 3. The van der Waals surface area contributed by atoms with E-state index in [-0.39, 0.29) is 18.8 Å². The predicted molar refractivity (Wildman–Crippen MR) is 99.9 cm³/mol. The van der Waals surface area contributed by atoms with Crippen molar-refractivity contribution in [3.63, 3.8) is 0 Å². The largest absolute Gasteiger partial charge is 0.490 e. The van der Waals surface area contributed by atoms with Gasteiger partial charge in [-0.1, -0.05) is 62.9 Å². The van der Waals surface area contributed by atoms with Gasteiger partial charge in [-0.2, -0.15) is 0 Å². The van der Waals surface area contributed by atoms with Gasteiger partial charge >= 0.3 is 11.9 Å². The van der Waals surface area contributed by atoms with Gasteiger partial charge in [-0.15, -0.1) is 0 Å². The van der Waals surface area contributed by atoms with Crippen LogP contribution in [-0.4, -0.2) is 36.6 Å². The second kappa shape index (κ2) is 10.3. The Balaban J connectivity index is 3.02. The number of allylic oxidation sites excluding steroid dienone is 1. The van der Waals surface area contributed by atoms with Crippen LogP contribution in [0.2, 0.25) is 0 Å². The molecule has 1 aromatic carbocycles. The monoisotopic (exact) mass is 472 g/mol. The van der Waals surface area contributed by atoms with Crippen molar-refractivity contribution < 1.29 is 23.8 Å². The second-order valence-electron chi connectivity index (χ2n) is 4.83. The first kappa shape index (κ1) is 22.1. The first-order valence-electron chi connectivity index (χ1n) is 6.99. The van der Waals surface area contributed by atoms with Crippen molar-refractivity contribution in [1.82, 2.24) is 0 Å². The molecule has 0 N–H and O–H groups in total.